The Labute approximate surface area is 560 Å². The fourth-order valence-electron chi connectivity index (χ4n) is 11.3. The molecule has 24 nitrogen and oxygen atoms in total. The van der Waals surface area contributed by atoms with Crippen LogP contribution in [0.15, 0.2) is 102 Å². The predicted octanol–water partition coefficient (Wildman–Crippen LogP) is 8.75. The van der Waals surface area contributed by atoms with E-state index in [1.54, 1.807) is 68.7 Å². The summed E-state index contributed by atoms with van der Waals surface area (Å²) in [7, 11) is 9.34. The van der Waals surface area contributed by atoms with Gasteiger partial charge in [-0.25, -0.2) is 4.79 Å². The van der Waals surface area contributed by atoms with E-state index in [1.165, 1.54) is 21.3 Å². The molecule has 0 bridgehead atoms. The van der Waals surface area contributed by atoms with Crippen molar-refractivity contribution in [3.05, 3.63) is 142 Å². The third-order valence-electron chi connectivity index (χ3n) is 16.1. The molecule has 3 heterocycles. The van der Waals surface area contributed by atoms with Crippen molar-refractivity contribution in [2.24, 2.45) is 4.99 Å². The molecule has 1 saturated heterocycles. The first-order chi connectivity index (χ1) is 46.3. The van der Waals surface area contributed by atoms with Gasteiger partial charge in [0.15, 0.2) is 35.4 Å². The van der Waals surface area contributed by atoms with Gasteiger partial charge in [-0.05, 0) is 129 Å². The van der Waals surface area contributed by atoms with Crippen LogP contribution in [0.4, 0.5) is 0 Å². The summed E-state index contributed by atoms with van der Waals surface area (Å²) in [5.74, 6) is 2.87. The van der Waals surface area contributed by atoms with Crippen molar-refractivity contribution >= 4 is 41.0 Å². The molecule has 1 fully saturated rings. The van der Waals surface area contributed by atoms with Crippen molar-refractivity contribution in [2.45, 2.75) is 82.9 Å². The van der Waals surface area contributed by atoms with E-state index in [4.69, 9.17) is 78.2 Å². The number of aliphatic imine (C=N–C) groups is 1. The number of hydrogen-bond acceptors (Lipinski definition) is 20. The van der Waals surface area contributed by atoms with E-state index in [1.807, 2.05) is 73.0 Å². The van der Waals surface area contributed by atoms with Crippen LogP contribution in [0.3, 0.4) is 0 Å². The number of aromatic nitrogens is 3. The van der Waals surface area contributed by atoms with Crippen molar-refractivity contribution in [3.8, 4) is 45.9 Å². The lowest BCUT2D eigenvalue weighted by Crippen LogP contribution is -2.50. The van der Waals surface area contributed by atoms with Gasteiger partial charge in [0.05, 0.1) is 132 Å². The lowest BCUT2D eigenvalue weighted by atomic mass is 9.91. The molecule has 25 heteroatoms. The fourth-order valence-corrected chi connectivity index (χ4v) is 11.4. The zero-order chi connectivity index (χ0) is 67.5. The number of amides is 3. The first kappa shape index (κ1) is 72.3. The van der Waals surface area contributed by atoms with Crippen LogP contribution >= 0.6 is 11.6 Å². The number of ether oxygens (including phenoxy) is 13. The Bertz CT molecular complexity index is 3470. The molecule has 2 aliphatic rings. The second-order valence-corrected chi connectivity index (χ2v) is 22.7. The van der Waals surface area contributed by atoms with Gasteiger partial charge in [0.25, 0.3) is 5.91 Å². The van der Waals surface area contributed by atoms with Gasteiger partial charge in [0.2, 0.25) is 17.6 Å². The van der Waals surface area contributed by atoms with Gasteiger partial charge >= 0.3 is 5.97 Å². The van der Waals surface area contributed by atoms with Crippen molar-refractivity contribution in [2.75, 3.05) is 135 Å². The van der Waals surface area contributed by atoms with E-state index in [-0.39, 0.29) is 43.9 Å². The Balaban J connectivity index is 0.695. The Hall–Kier alpha value is -8.52. The molecule has 6 aromatic rings. The van der Waals surface area contributed by atoms with E-state index in [9.17, 15) is 19.2 Å². The lowest BCUT2D eigenvalue weighted by molar-refractivity contribution is -0.162. The molecule has 0 aliphatic carbocycles. The second-order valence-electron chi connectivity index (χ2n) is 22.3. The monoisotopic (exact) mass is 1330 g/mol. The van der Waals surface area contributed by atoms with Crippen molar-refractivity contribution in [1.82, 2.24) is 30.3 Å². The molecule has 0 unspecified atom stereocenters. The molecule has 4 atom stereocenters. The Morgan fingerprint density at radius 2 is 1.27 bits per heavy atom. The molecule has 0 saturated carbocycles. The van der Waals surface area contributed by atoms with Crippen LogP contribution in [0.5, 0.6) is 40.2 Å². The van der Waals surface area contributed by atoms with Crippen LogP contribution in [0.1, 0.15) is 103 Å². The molecule has 0 spiro atoms. The topological polar surface area (TPSA) is 259 Å². The summed E-state index contributed by atoms with van der Waals surface area (Å²) in [4.78, 5) is 62.0. The summed E-state index contributed by atoms with van der Waals surface area (Å²) >= 11 is 6.24. The minimum atomic E-state index is -0.821. The van der Waals surface area contributed by atoms with Gasteiger partial charge in [0, 0.05) is 35.8 Å². The summed E-state index contributed by atoms with van der Waals surface area (Å²) in [5.41, 5.74) is 5.43. The quantitative estimate of drug-likeness (QED) is 0.0270. The van der Waals surface area contributed by atoms with Crippen LogP contribution in [-0.4, -0.2) is 190 Å². The highest BCUT2D eigenvalue weighted by Gasteiger charge is 2.38. The number of halogens is 1. The van der Waals surface area contributed by atoms with Gasteiger partial charge in [0.1, 0.15) is 35.5 Å². The number of rotatable bonds is 39. The number of carbonyl (C=O) groups excluding carboxylic acids is 4. The van der Waals surface area contributed by atoms with E-state index >= 15 is 0 Å². The van der Waals surface area contributed by atoms with E-state index in [2.05, 4.69) is 20.8 Å². The van der Waals surface area contributed by atoms with Crippen molar-refractivity contribution in [3.63, 3.8) is 0 Å². The van der Waals surface area contributed by atoms with E-state index in [0.717, 1.165) is 35.2 Å². The lowest BCUT2D eigenvalue weighted by Gasteiger charge is -2.37. The molecule has 8 rings (SSSR count). The Morgan fingerprint density at radius 1 is 0.632 bits per heavy atom. The summed E-state index contributed by atoms with van der Waals surface area (Å²) in [6, 6.07) is 28.0. The number of aryl methyl sites for hydroxylation is 2. The number of nitrogens with zero attached hydrogens (tertiary/aromatic N) is 5. The number of carbonyl (C=O) groups is 4. The molecule has 95 heavy (non-hydrogen) atoms. The van der Waals surface area contributed by atoms with Crippen molar-refractivity contribution in [1.29, 1.82) is 0 Å². The zero-order valence-electron chi connectivity index (χ0n) is 55.5. The normalized spacial score (nSPS) is 14.8. The third kappa shape index (κ3) is 20.3. The SMILES string of the molecule is CC[C@H](C(=O)N1CCCC[C@H]1C(=O)O[C@H](CCc1ccc(OC)c(OC)c1)c1cccc(OCC(=O)NCCOCCOCCOCCOCCOCCNC(=O)C[C@@H]2N=C(c3ccc(Cl)cc3)c3cc(OC)ccc3-n3c(C)nnc32)c1)c1cc(OC)c(OC)c(OC)c1. The predicted molar refractivity (Wildman–Crippen MR) is 354 cm³/mol. The van der Waals surface area contributed by atoms with Crippen LogP contribution in [0.2, 0.25) is 5.02 Å². The fraction of sp³-hybridized carbons (Fsp3) is 0.471. The van der Waals surface area contributed by atoms with Crippen LogP contribution < -0.4 is 43.8 Å². The highest BCUT2D eigenvalue weighted by molar-refractivity contribution is 6.30. The first-order valence-electron chi connectivity index (χ1n) is 31.9. The van der Waals surface area contributed by atoms with Crippen molar-refractivity contribution < 1.29 is 80.8 Å². The van der Waals surface area contributed by atoms with E-state index in [0.29, 0.717) is 172 Å². The molecule has 3 amide bonds. The average molecular weight is 1330 g/mol. The standard InChI is InChI=1S/C70H88ClN7O17/c1-9-54(50-41-62(86-6)67(88-8)63(42-50)87-7)69(81)77-28-11-10-15-58(77)70(82)95-59(24-16-47-17-25-60(84-4)61(39-47)85-5)49-13-12-14-53(40-49)94-45-65(80)73-27-30-90-32-34-92-36-38-93-37-35-91-33-31-89-29-26-72-64(79)44-56-68-76-75-46(2)78(68)57-23-22-52(83-3)43-55(57)66(74-56)48-18-20-51(71)21-19-48/h12-14,17-23,25,39-43,54,56,58-59H,9-11,15-16,24,26-38,44-45H2,1-8H3,(H,72,79)(H,73,80)/t54-,56-,58-,59+/m0/s1. The van der Waals surface area contributed by atoms with Crippen LogP contribution in [0, 0.1) is 6.92 Å². The maximum atomic E-state index is 14.6. The average Bonchev–Trinajstić information content (AvgIpc) is 1.63. The maximum Gasteiger partial charge on any atom is 0.329 e. The number of nitrogens with one attached hydrogen (secondary N) is 2. The zero-order valence-corrected chi connectivity index (χ0v) is 56.2. The van der Waals surface area contributed by atoms with Gasteiger partial charge in [-0.3, -0.25) is 23.9 Å². The smallest absolute Gasteiger partial charge is 0.329 e. The summed E-state index contributed by atoms with van der Waals surface area (Å²) in [6.45, 7) is 7.90. The summed E-state index contributed by atoms with van der Waals surface area (Å²) in [5, 5.41) is 15.1. The number of esters is 1. The third-order valence-corrected chi connectivity index (χ3v) is 16.4. The molecular weight excluding hydrogens is 1250 g/mol. The second kappa shape index (κ2) is 37.5. The number of hydrogen-bond donors (Lipinski definition) is 2. The van der Waals surface area contributed by atoms with Gasteiger partial charge in [-0.1, -0.05) is 48.9 Å². The largest absolute Gasteiger partial charge is 0.497 e. The molecule has 2 N–H and O–H groups in total. The number of fused-ring (bicyclic) bond motifs is 3. The highest BCUT2D eigenvalue weighted by Crippen LogP contribution is 2.42. The summed E-state index contributed by atoms with van der Waals surface area (Å²) < 4.78 is 75.9. The molecule has 5 aromatic carbocycles. The molecule has 512 valence electrons. The summed E-state index contributed by atoms with van der Waals surface area (Å²) in [6.07, 6.45) is 2.55. The molecule has 0 radical (unpaired) electrons. The molecule has 2 aliphatic heterocycles. The van der Waals surface area contributed by atoms with E-state index < -0.39 is 30.1 Å². The van der Waals surface area contributed by atoms with Gasteiger partial charge in [-0.2, -0.15) is 0 Å². The Kier molecular flexibility index (Phi) is 28.6. The molecular formula is C70H88ClN7O17. The number of benzene rings is 5. The first-order valence-corrected chi connectivity index (χ1v) is 32.3. The van der Waals surface area contributed by atoms with Gasteiger partial charge < -0.3 is 77.1 Å². The minimum absolute atomic E-state index is 0.0399. The minimum Gasteiger partial charge on any atom is -0.497 e. The Morgan fingerprint density at radius 3 is 1.89 bits per heavy atom. The number of likely N-dealkylation sites (tertiary alicyclic amines) is 1. The van der Waals surface area contributed by atoms with Gasteiger partial charge in [-0.15, -0.1) is 10.2 Å². The van der Waals surface area contributed by atoms with Crippen LogP contribution in [-0.2, 0) is 54.0 Å². The number of piperidine rings is 1. The molecule has 1 aromatic heterocycles. The maximum absolute atomic E-state index is 14.6. The number of methoxy groups -OCH3 is 6. The van der Waals surface area contributed by atoms with Crippen LogP contribution in [0.25, 0.3) is 5.69 Å². The highest BCUT2D eigenvalue weighted by atomic mass is 35.5.